The van der Waals surface area contributed by atoms with Crippen LogP contribution in [0.4, 0.5) is 13.2 Å². The molecule has 1 fully saturated rings. The number of rotatable bonds is 8. The van der Waals surface area contributed by atoms with Gasteiger partial charge in [0.25, 0.3) is 0 Å². The highest BCUT2D eigenvalue weighted by Crippen LogP contribution is 2.16. The summed E-state index contributed by atoms with van der Waals surface area (Å²) in [7, 11) is 1.54. The molecule has 0 radical (unpaired) electrons. The van der Waals surface area contributed by atoms with Gasteiger partial charge in [0.05, 0.1) is 13.2 Å². The Kier molecular flexibility index (Phi) is 8.93. The van der Waals surface area contributed by atoms with Crippen LogP contribution in [0.5, 0.6) is 0 Å². The van der Waals surface area contributed by atoms with Crippen LogP contribution in [0, 0.1) is 17.5 Å². The molecule has 0 bridgehead atoms. The molecular weight excluding hydrogens is 417 g/mol. The predicted octanol–water partition coefficient (Wildman–Crippen LogP) is 3.97. The SMILES string of the molecule is CCNC(=NCc1ccc(F)c(COC)c1)NC1CCN(Cc2ccc(F)c(F)c2)CC1. The number of nitrogens with zero attached hydrogens (tertiary/aromatic N) is 2. The van der Waals surface area contributed by atoms with Gasteiger partial charge < -0.3 is 15.4 Å². The van der Waals surface area contributed by atoms with Crippen LogP contribution in [-0.2, 0) is 24.4 Å². The molecule has 2 N–H and O–H groups in total. The maximum absolute atomic E-state index is 13.8. The van der Waals surface area contributed by atoms with Gasteiger partial charge in [-0.25, -0.2) is 18.2 Å². The molecule has 1 heterocycles. The second-order valence-electron chi connectivity index (χ2n) is 8.00. The monoisotopic (exact) mass is 448 g/mol. The maximum atomic E-state index is 13.8. The van der Waals surface area contributed by atoms with Crippen molar-refractivity contribution >= 4 is 5.96 Å². The molecule has 1 saturated heterocycles. The van der Waals surface area contributed by atoms with Gasteiger partial charge in [-0.1, -0.05) is 12.1 Å². The zero-order chi connectivity index (χ0) is 22.9. The first kappa shape index (κ1) is 24.1. The molecule has 0 saturated carbocycles. The average molecular weight is 449 g/mol. The normalized spacial score (nSPS) is 15.7. The molecule has 0 amide bonds. The minimum atomic E-state index is -0.817. The number of hydrogen-bond donors (Lipinski definition) is 2. The number of aliphatic imine (C=N–C) groups is 1. The van der Waals surface area contributed by atoms with Gasteiger partial charge in [0.2, 0.25) is 0 Å². The zero-order valence-electron chi connectivity index (χ0n) is 18.6. The van der Waals surface area contributed by atoms with Crippen molar-refractivity contribution in [1.29, 1.82) is 0 Å². The fraction of sp³-hybridized carbons (Fsp3) is 0.458. The molecule has 32 heavy (non-hydrogen) atoms. The summed E-state index contributed by atoms with van der Waals surface area (Å²) in [5.41, 5.74) is 2.21. The van der Waals surface area contributed by atoms with Gasteiger partial charge in [0.1, 0.15) is 5.82 Å². The molecule has 5 nitrogen and oxygen atoms in total. The lowest BCUT2D eigenvalue weighted by Gasteiger charge is -2.33. The number of hydrogen-bond acceptors (Lipinski definition) is 3. The molecule has 8 heteroatoms. The summed E-state index contributed by atoms with van der Waals surface area (Å²) in [6.45, 7) is 5.72. The average Bonchev–Trinajstić information content (AvgIpc) is 2.78. The van der Waals surface area contributed by atoms with Gasteiger partial charge in [-0.3, -0.25) is 4.90 Å². The van der Waals surface area contributed by atoms with E-state index in [1.807, 2.05) is 6.92 Å². The van der Waals surface area contributed by atoms with Crippen molar-refractivity contribution in [2.45, 2.75) is 45.5 Å². The third-order valence-electron chi connectivity index (χ3n) is 5.49. The molecular formula is C24H31F3N4O. The van der Waals surface area contributed by atoms with Crippen LogP contribution in [0.2, 0.25) is 0 Å². The van der Waals surface area contributed by atoms with Crippen molar-refractivity contribution in [3.63, 3.8) is 0 Å². The van der Waals surface area contributed by atoms with Gasteiger partial charge in [0, 0.05) is 44.9 Å². The van der Waals surface area contributed by atoms with E-state index in [0.717, 1.165) is 49.6 Å². The van der Waals surface area contributed by atoms with Crippen molar-refractivity contribution < 1.29 is 17.9 Å². The van der Waals surface area contributed by atoms with E-state index in [4.69, 9.17) is 4.74 Å². The smallest absolute Gasteiger partial charge is 0.191 e. The van der Waals surface area contributed by atoms with Crippen molar-refractivity contribution in [3.05, 3.63) is 70.5 Å². The standard InChI is InChI=1S/C24H31F3N4O/c1-3-28-24(29-14-17-4-6-21(25)19(12-17)16-32-2)30-20-8-10-31(11-9-20)15-18-5-7-22(26)23(27)13-18/h4-7,12-13,20H,3,8-11,14-16H2,1-2H3,(H2,28,29,30). The third kappa shape index (κ3) is 6.97. The third-order valence-corrected chi connectivity index (χ3v) is 5.49. The quantitative estimate of drug-likeness (QED) is 0.474. The Hall–Kier alpha value is -2.58. The fourth-order valence-corrected chi connectivity index (χ4v) is 3.81. The first-order chi connectivity index (χ1) is 15.5. The number of piperidine rings is 1. The van der Waals surface area contributed by atoms with E-state index in [0.29, 0.717) is 18.7 Å². The zero-order valence-corrected chi connectivity index (χ0v) is 18.6. The predicted molar refractivity (Wildman–Crippen MR) is 120 cm³/mol. The van der Waals surface area contributed by atoms with E-state index in [2.05, 4.69) is 20.5 Å². The van der Waals surface area contributed by atoms with Gasteiger partial charge >= 0.3 is 0 Å². The second-order valence-corrected chi connectivity index (χ2v) is 8.00. The molecule has 3 rings (SSSR count). The Balaban J connectivity index is 1.53. The summed E-state index contributed by atoms with van der Waals surface area (Å²) in [6.07, 6.45) is 1.84. The summed E-state index contributed by atoms with van der Waals surface area (Å²) in [6, 6.07) is 9.31. The van der Waals surface area contributed by atoms with Crippen molar-refractivity contribution in [2.75, 3.05) is 26.7 Å². The van der Waals surface area contributed by atoms with E-state index >= 15 is 0 Å². The number of halogens is 3. The van der Waals surface area contributed by atoms with Crippen molar-refractivity contribution in [3.8, 4) is 0 Å². The Morgan fingerprint density at radius 2 is 1.75 bits per heavy atom. The molecule has 0 aliphatic carbocycles. The molecule has 0 atom stereocenters. The molecule has 0 spiro atoms. The number of ether oxygens (including phenoxy) is 1. The van der Waals surface area contributed by atoms with Gasteiger partial charge in [0.15, 0.2) is 17.6 Å². The molecule has 1 aliphatic rings. The number of guanidine groups is 1. The highest BCUT2D eigenvalue weighted by molar-refractivity contribution is 5.80. The summed E-state index contributed by atoms with van der Waals surface area (Å²) in [5.74, 6) is -1.17. The number of benzene rings is 2. The molecule has 174 valence electrons. The van der Waals surface area contributed by atoms with E-state index in [1.54, 1.807) is 25.3 Å². The summed E-state index contributed by atoms with van der Waals surface area (Å²) >= 11 is 0. The van der Waals surface area contributed by atoms with Crippen LogP contribution < -0.4 is 10.6 Å². The summed E-state index contributed by atoms with van der Waals surface area (Å²) < 4.78 is 45.4. The van der Waals surface area contributed by atoms with E-state index < -0.39 is 11.6 Å². The van der Waals surface area contributed by atoms with Crippen LogP contribution in [0.3, 0.4) is 0 Å². The number of likely N-dealkylation sites (tertiary alicyclic amines) is 1. The van der Waals surface area contributed by atoms with E-state index in [9.17, 15) is 13.2 Å². The fourth-order valence-electron chi connectivity index (χ4n) is 3.81. The maximum Gasteiger partial charge on any atom is 0.191 e. The lowest BCUT2D eigenvalue weighted by molar-refractivity contribution is 0.181. The molecule has 1 aliphatic heterocycles. The Labute approximate surface area is 187 Å². The van der Waals surface area contributed by atoms with E-state index in [1.165, 1.54) is 18.2 Å². The second kappa shape index (κ2) is 11.9. The lowest BCUT2D eigenvalue weighted by atomic mass is 10.0. The minimum absolute atomic E-state index is 0.227. The molecule has 0 aromatic heterocycles. The van der Waals surface area contributed by atoms with Crippen LogP contribution in [0.15, 0.2) is 41.4 Å². The highest BCUT2D eigenvalue weighted by Gasteiger charge is 2.20. The van der Waals surface area contributed by atoms with Gasteiger partial charge in [-0.15, -0.1) is 0 Å². The molecule has 0 unspecified atom stereocenters. The van der Waals surface area contributed by atoms with E-state index in [-0.39, 0.29) is 18.5 Å². The number of methoxy groups -OCH3 is 1. The number of nitrogens with one attached hydrogen (secondary N) is 2. The first-order valence-electron chi connectivity index (χ1n) is 11.0. The lowest BCUT2D eigenvalue weighted by Crippen LogP contribution is -2.48. The molecule has 2 aromatic carbocycles. The highest BCUT2D eigenvalue weighted by atomic mass is 19.2. The first-order valence-corrected chi connectivity index (χ1v) is 11.0. The van der Waals surface area contributed by atoms with Crippen molar-refractivity contribution in [1.82, 2.24) is 15.5 Å². The Bertz CT molecular complexity index is 914. The van der Waals surface area contributed by atoms with Crippen LogP contribution in [-0.4, -0.2) is 43.6 Å². The largest absolute Gasteiger partial charge is 0.380 e. The van der Waals surface area contributed by atoms with Crippen LogP contribution in [0.1, 0.15) is 36.5 Å². The van der Waals surface area contributed by atoms with Crippen LogP contribution in [0.25, 0.3) is 0 Å². The summed E-state index contributed by atoms with van der Waals surface area (Å²) in [5, 5.41) is 6.75. The summed E-state index contributed by atoms with van der Waals surface area (Å²) in [4.78, 5) is 6.89. The van der Waals surface area contributed by atoms with Crippen molar-refractivity contribution in [2.24, 2.45) is 4.99 Å². The Morgan fingerprint density at radius 1 is 1.03 bits per heavy atom. The topological polar surface area (TPSA) is 48.9 Å². The van der Waals surface area contributed by atoms with Gasteiger partial charge in [-0.2, -0.15) is 0 Å². The Morgan fingerprint density at radius 3 is 2.44 bits per heavy atom. The van der Waals surface area contributed by atoms with Crippen LogP contribution >= 0.6 is 0 Å². The minimum Gasteiger partial charge on any atom is -0.380 e. The molecule has 2 aromatic rings. The van der Waals surface area contributed by atoms with Gasteiger partial charge in [-0.05, 0) is 55.2 Å².